The summed E-state index contributed by atoms with van der Waals surface area (Å²) in [7, 11) is 0. The minimum Gasteiger partial charge on any atom is -0.508 e. The van der Waals surface area contributed by atoms with Gasteiger partial charge in [0.15, 0.2) is 0 Å². The minimum absolute atomic E-state index is 0.0223. The van der Waals surface area contributed by atoms with Gasteiger partial charge >= 0.3 is 5.97 Å². The Hall–Kier alpha value is -2.83. The summed E-state index contributed by atoms with van der Waals surface area (Å²) in [6, 6.07) is 1.44. The van der Waals surface area contributed by atoms with Gasteiger partial charge in [-0.15, -0.1) is 0 Å². The number of hydrogen-bond acceptors (Lipinski definition) is 8. The molecule has 4 atom stereocenters. The highest BCUT2D eigenvalue weighted by Gasteiger charge is 2.31. The number of aliphatic hydroxyl groups excluding tert-OH is 1. The first kappa shape index (κ1) is 29.2. The zero-order valence-electron chi connectivity index (χ0n) is 19.5. The number of carboxylic acids is 1. The molecule has 0 heterocycles. The molecule has 0 aromatic heterocycles. The second kappa shape index (κ2) is 14.4. The molecular formula is C22H34N4O7S. The Labute approximate surface area is 202 Å². The van der Waals surface area contributed by atoms with Crippen molar-refractivity contribution in [2.45, 2.75) is 50.9 Å². The zero-order chi connectivity index (χ0) is 25.8. The molecule has 8 N–H and O–H groups in total. The van der Waals surface area contributed by atoms with E-state index in [0.717, 1.165) is 0 Å². The average molecular weight is 499 g/mol. The number of carbonyl (C=O) groups excluding carboxylic acids is 3. The maximum atomic E-state index is 12.9. The predicted molar refractivity (Wildman–Crippen MR) is 128 cm³/mol. The Morgan fingerprint density at radius 3 is 2.06 bits per heavy atom. The number of benzene rings is 1. The fourth-order valence-corrected chi connectivity index (χ4v) is 3.46. The lowest BCUT2D eigenvalue weighted by Gasteiger charge is -2.27. The van der Waals surface area contributed by atoms with Crippen LogP contribution in [0.2, 0.25) is 0 Å². The third-order valence-electron chi connectivity index (χ3n) is 5.01. The standard InChI is InChI=1S/C22H34N4O7S/c1-12(2)18(26-20(30)16(8-9-34-3)24-19(29)15(23)11-27)21(31)25-17(22(32)33)10-13-4-6-14(28)7-5-13/h4-7,12,15-18,27-28H,8-11,23H2,1-3H3,(H,24,29)(H,25,31)(H,26,30)(H,32,33). The summed E-state index contributed by atoms with van der Waals surface area (Å²) in [6.45, 7) is 2.80. The summed E-state index contributed by atoms with van der Waals surface area (Å²) in [6.07, 6.45) is 2.08. The van der Waals surface area contributed by atoms with Gasteiger partial charge in [0, 0.05) is 6.42 Å². The number of aliphatic hydroxyl groups is 1. The van der Waals surface area contributed by atoms with Gasteiger partial charge in [-0.2, -0.15) is 11.8 Å². The maximum absolute atomic E-state index is 12.9. The number of phenols is 1. The number of nitrogens with one attached hydrogen (secondary N) is 3. The molecule has 0 aliphatic carbocycles. The van der Waals surface area contributed by atoms with E-state index in [-0.39, 0.29) is 24.5 Å². The van der Waals surface area contributed by atoms with E-state index in [0.29, 0.717) is 11.3 Å². The lowest BCUT2D eigenvalue weighted by Crippen LogP contribution is -2.59. The second-order valence-electron chi connectivity index (χ2n) is 8.13. The van der Waals surface area contributed by atoms with E-state index < -0.39 is 54.5 Å². The van der Waals surface area contributed by atoms with Gasteiger partial charge in [0.2, 0.25) is 17.7 Å². The van der Waals surface area contributed by atoms with Crippen molar-refractivity contribution in [3.8, 4) is 5.75 Å². The van der Waals surface area contributed by atoms with Crippen molar-refractivity contribution in [3.63, 3.8) is 0 Å². The third-order valence-corrected chi connectivity index (χ3v) is 5.66. The Bertz CT molecular complexity index is 835. The molecule has 0 fully saturated rings. The monoisotopic (exact) mass is 498 g/mol. The van der Waals surface area contributed by atoms with Crippen LogP contribution in [0.1, 0.15) is 25.8 Å². The number of amides is 3. The van der Waals surface area contributed by atoms with Gasteiger partial charge in [0.25, 0.3) is 0 Å². The first-order valence-corrected chi connectivity index (χ1v) is 12.2. The van der Waals surface area contributed by atoms with Gasteiger partial charge in [0.1, 0.15) is 29.9 Å². The quantitative estimate of drug-likeness (QED) is 0.172. The number of nitrogens with two attached hydrogens (primary N) is 1. The summed E-state index contributed by atoms with van der Waals surface area (Å²) in [5.74, 6) is -3.07. The van der Waals surface area contributed by atoms with Crippen molar-refractivity contribution in [1.29, 1.82) is 0 Å². The summed E-state index contributed by atoms with van der Waals surface area (Å²) < 4.78 is 0. The van der Waals surface area contributed by atoms with Crippen molar-refractivity contribution in [2.24, 2.45) is 11.7 Å². The molecule has 190 valence electrons. The van der Waals surface area contributed by atoms with Crippen LogP contribution in [0.5, 0.6) is 5.75 Å². The largest absolute Gasteiger partial charge is 0.508 e. The van der Waals surface area contributed by atoms with Gasteiger partial charge in [-0.05, 0) is 42.0 Å². The molecular weight excluding hydrogens is 464 g/mol. The number of aliphatic carboxylic acids is 1. The number of thioether (sulfide) groups is 1. The normalized spacial score (nSPS) is 14.5. The van der Waals surface area contributed by atoms with Crippen molar-refractivity contribution in [2.75, 3.05) is 18.6 Å². The van der Waals surface area contributed by atoms with Crippen molar-refractivity contribution >= 4 is 35.5 Å². The van der Waals surface area contributed by atoms with E-state index in [1.807, 2.05) is 6.26 Å². The maximum Gasteiger partial charge on any atom is 0.326 e. The molecule has 0 spiro atoms. The van der Waals surface area contributed by atoms with Crippen LogP contribution in [0, 0.1) is 5.92 Å². The molecule has 1 aromatic rings. The number of hydrogen-bond donors (Lipinski definition) is 7. The smallest absolute Gasteiger partial charge is 0.326 e. The molecule has 34 heavy (non-hydrogen) atoms. The summed E-state index contributed by atoms with van der Waals surface area (Å²) in [4.78, 5) is 49.6. The molecule has 12 heteroatoms. The number of aromatic hydroxyl groups is 1. The second-order valence-corrected chi connectivity index (χ2v) is 9.12. The summed E-state index contributed by atoms with van der Waals surface area (Å²) in [5.41, 5.74) is 6.11. The van der Waals surface area contributed by atoms with Crippen LogP contribution in [0.25, 0.3) is 0 Å². The van der Waals surface area contributed by atoms with Gasteiger partial charge in [-0.3, -0.25) is 14.4 Å². The molecule has 0 saturated heterocycles. The van der Waals surface area contributed by atoms with E-state index in [1.54, 1.807) is 26.0 Å². The number of carboxylic acid groups (broad SMARTS) is 1. The Kier molecular flexibility index (Phi) is 12.4. The number of carbonyl (C=O) groups is 4. The average Bonchev–Trinajstić information content (AvgIpc) is 2.79. The van der Waals surface area contributed by atoms with Crippen LogP contribution in [-0.4, -0.2) is 81.8 Å². The lowest BCUT2D eigenvalue weighted by molar-refractivity contribution is -0.142. The van der Waals surface area contributed by atoms with E-state index in [1.165, 1.54) is 23.9 Å². The van der Waals surface area contributed by atoms with Crippen LogP contribution in [0.3, 0.4) is 0 Å². The van der Waals surface area contributed by atoms with E-state index in [2.05, 4.69) is 16.0 Å². The lowest BCUT2D eigenvalue weighted by atomic mass is 10.0. The molecule has 11 nitrogen and oxygen atoms in total. The van der Waals surface area contributed by atoms with Crippen molar-refractivity contribution in [1.82, 2.24) is 16.0 Å². The molecule has 1 aromatic carbocycles. The highest BCUT2D eigenvalue weighted by molar-refractivity contribution is 7.98. The first-order chi connectivity index (χ1) is 16.0. The first-order valence-electron chi connectivity index (χ1n) is 10.8. The van der Waals surface area contributed by atoms with E-state index in [9.17, 15) is 29.4 Å². The molecule has 4 unspecified atom stereocenters. The Morgan fingerprint density at radius 2 is 1.56 bits per heavy atom. The summed E-state index contributed by atoms with van der Waals surface area (Å²) >= 11 is 1.46. The highest BCUT2D eigenvalue weighted by Crippen LogP contribution is 2.12. The summed E-state index contributed by atoms with van der Waals surface area (Å²) in [5, 5.41) is 35.6. The topological polar surface area (TPSA) is 191 Å². The molecule has 0 bridgehead atoms. The van der Waals surface area contributed by atoms with Crippen LogP contribution in [0.4, 0.5) is 0 Å². The highest BCUT2D eigenvalue weighted by atomic mass is 32.2. The SMILES string of the molecule is CSCCC(NC(=O)C(N)CO)C(=O)NC(C(=O)NC(Cc1ccc(O)cc1)C(=O)O)C(C)C. The number of phenolic OH excluding ortho intramolecular Hbond substituents is 1. The van der Waals surface area contributed by atoms with Gasteiger partial charge in [0.05, 0.1) is 6.61 Å². The number of rotatable bonds is 14. The molecule has 3 amide bonds. The molecule has 0 aliphatic heterocycles. The third kappa shape index (κ3) is 9.57. The molecule has 0 radical (unpaired) electrons. The fraction of sp³-hybridized carbons (Fsp3) is 0.545. The molecule has 1 rings (SSSR count). The van der Waals surface area contributed by atoms with Crippen molar-refractivity contribution in [3.05, 3.63) is 29.8 Å². The van der Waals surface area contributed by atoms with Crippen LogP contribution >= 0.6 is 11.8 Å². The van der Waals surface area contributed by atoms with E-state index in [4.69, 9.17) is 10.8 Å². The molecule has 0 saturated carbocycles. The fourth-order valence-electron chi connectivity index (χ4n) is 2.98. The molecule has 0 aliphatic rings. The van der Waals surface area contributed by atoms with Gasteiger partial charge < -0.3 is 37.0 Å². The predicted octanol–water partition coefficient (Wildman–Crippen LogP) is -0.798. The van der Waals surface area contributed by atoms with Gasteiger partial charge in [-0.1, -0.05) is 26.0 Å². The van der Waals surface area contributed by atoms with Crippen molar-refractivity contribution < 1.29 is 34.5 Å². The van der Waals surface area contributed by atoms with Crippen LogP contribution in [0.15, 0.2) is 24.3 Å². The Balaban J connectivity index is 2.94. The Morgan fingerprint density at radius 1 is 0.971 bits per heavy atom. The zero-order valence-corrected chi connectivity index (χ0v) is 20.3. The minimum atomic E-state index is -1.26. The van der Waals surface area contributed by atoms with Crippen LogP contribution in [-0.2, 0) is 25.6 Å². The van der Waals surface area contributed by atoms with Gasteiger partial charge in [-0.25, -0.2) is 4.79 Å². The van der Waals surface area contributed by atoms with E-state index >= 15 is 0 Å². The van der Waals surface area contributed by atoms with Crippen LogP contribution < -0.4 is 21.7 Å².